The summed E-state index contributed by atoms with van der Waals surface area (Å²) in [6.07, 6.45) is -0.326. The van der Waals surface area contributed by atoms with Crippen molar-refractivity contribution in [2.45, 2.75) is 25.6 Å². The molecule has 0 aliphatic carbocycles. The van der Waals surface area contributed by atoms with Crippen LogP contribution in [0.4, 0.5) is 4.39 Å². The van der Waals surface area contributed by atoms with Crippen molar-refractivity contribution in [1.82, 2.24) is 4.90 Å². The fourth-order valence-electron chi connectivity index (χ4n) is 3.13. The first-order valence-corrected chi connectivity index (χ1v) is 10.1. The van der Waals surface area contributed by atoms with E-state index >= 15 is 0 Å². The van der Waals surface area contributed by atoms with Crippen LogP contribution in [0.1, 0.15) is 29.2 Å². The van der Waals surface area contributed by atoms with Gasteiger partial charge in [-0.05, 0) is 52.3 Å². The summed E-state index contributed by atoms with van der Waals surface area (Å²) in [5.74, 6) is -0.341. The van der Waals surface area contributed by atoms with Crippen molar-refractivity contribution in [1.29, 1.82) is 0 Å². The molecule has 1 atom stereocenters. The van der Waals surface area contributed by atoms with Gasteiger partial charge in [0, 0.05) is 28.8 Å². The number of rotatable bonds is 8. The molecule has 0 fully saturated rings. The molecule has 4 heteroatoms. The van der Waals surface area contributed by atoms with Crippen molar-refractivity contribution < 1.29 is 9.50 Å². The molecule has 0 spiro atoms. The molecule has 0 bridgehead atoms. The minimum Gasteiger partial charge on any atom is -0.388 e. The van der Waals surface area contributed by atoms with Crippen LogP contribution in [0.25, 0.3) is 0 Å². The van der Waals surface area contributed by atoms with Crippen molar-refractivity contribution in [3.05, 3.63) is 105 Å². The summed E-state index contributed by atoms with van der Waals surface area (Å²) in [6.45, 7) is 2.26. The molecule has 3 aromatic rings. The minimum atomic E-state index is -0.809. The molecule has 3 aromatic carbocycles. The Hall–Kier alpha value is -1.76. The molecule has 1 N–H and O–H groups in total. The molecule has 27 heavy (non-hydrogen) atoms. The Bertz CT molecular complexity index is 800. The Morgan fingerprint density at radius 1 is 0.852 bits per heavy atom. The van der Waals surface area contributed by atoms with Crippen molar-refractivity contribution in [2.75, 3.05) is 6.54 Å². The van der Waals surface area contributed by atoms with Crippen molar-refractivity contribution in [2.24, 2.45) is 0 Å². The summed E-state index contributed by atoms with van der Waals surface area (Å²) in [6, 6.07) is 25.5. The van der Waals surface area contributed by atoms with Crippen molar-refractivity contribution in [3.63, 3.8) is 0 Å². The molecule has 0 radical (unpaired) electrons. The third-order valence-corrected chi connectivity index (χ3v) is 5.21. The number of halogens is 2. The third kappa shape index (κ3) is 6.13. The highest BCUT2D eigenvalue weighted by Crippen LogP contribution is 2.23. The first-order valence-electron chi connectivity index (χ1n) is 9.05. The molecular weight excluding hydrogens is 452 g/mol. The lowest BCUT2D eigenvalue weighted by molar-refractivity contribution is 0.133. The number of hydrogen-bond acceptors (Lipinski definition) is 2. The minimum absolute atomic E-state index is 0.341. The van der Waals surface area contributed by atoms with Crippen LogP contribution in [0.5, 0.6) is 0 Å². The summed E-state index contributed by atoms with van der Waals surface area (Å²) in [5.41, 5.74) is 2.82. The van der Waals surface area contributed by atoms with Crippen LogP contribution in [0.2, 0.25) is 0 Å². The van der Waals surface area contributed by atoms with Crippen LogP contribution >= 0.6 is 22.6 Å². The van der Waals surface area contributed by atoms with Crippen molar-refractivity contribution in [3.8, 4) is 0 Å². The zero-order valence-electron chi connectivity index (χ0n) is 15.1. The summed E-state index contributed by atoms with van der Waals surface area (Å²) >= 11 is 2.07. The van der Waals surface area contributed by atoms with Gasteiger partial charge in [0.05, 0.1) is 6.10 Å². The molecular formula is C23H23FINO. The van der Waals surface area contributed by atoms with Crippen LogP contribution in [0, 0.1) is 9.39 Å². The standard InChI is InChI=1S/C23H23FINO/c24-22-15-20(25)11-12-21(22)23(27)13-14-26(16-18-7-3-1-4-8-18)17-19-9-5-2-6-10-19/h1-12,15,23,27H,13-14,16-17H2. The highest BCUT2D eigenvalue weighted by atomic mass is 127. The average Bonchev–Trinajstić information content (AvgIpc) is 2.67. The molecule has 3 rings (SSSR count). The van der Waals surface area contributed by atoms with E-state index in [4.69, 9.17) is 0 Å². The Balaban J connectivity index is 1.68. The number of aliphatic hydroxyl groups excluding tert-OH is 1. The summed E-state index contributed by atoms with van der Waals surface area (Å²) in [4.78, 5) is 2.29. The molecule has 0 saturated carbocycles. The van der Waals surface area contributed by atoms with Gasteiger partial charge in [0.2, 0.25) is 0 Å². The van der Waals surface area contributed by atoms with E-state index in [1.54, 1.807) is 6.07 Å². The predicted octanol–water partition coefficient (Wildman–Crippen LogP) is 5.56. The van der Waals surface area contributed by atoms with Crippen molar-refractivity contribution >= 4 is 22.6 Å². The average molecular weight is 475 g/mol. The summed E-state index contributed by atoms with van der Waals surface area (Å²) in [5, 5.41) is 10.5. The van der Waals surface area contributed by atoms with E-state index in [0.717, 1.165) is 16.7 Å². The monoisotopic (exact) mass is 475 g/mol. The second-order valence-corrected chi connectivity index (χ2v) is 7.90. The lowest BCUT2D eigenvalue weighted by atomic mass is 10.1. The first-order chi connectivity index (χ1) is 13.1. The van der Waals surface area contributed by atoms with Crippen LogP contribution in [-0.2, 0) is 13.1 Å². The van der Waals surface area contributed by atoms with Gasteiger partial charge in [-0.25, -0.2) is 4.39 Å². The Kier molecular flexibility index (Phi) is 7.38. The van der Waals surface area contributed by atoms with E-state index < -0.39 is 6.10 Å². The summed E-state index contributed by atoms with van der Waals surface area (Å²) in [7, 11) is 0. The lowest BCUT2D eigenvalue weighted by Crippen LogP contribution is -2.25. The van der Waals surface area contributed by atoms with Gasteiger partial charge in [0.1, 0.15) is 5.82 Å². The maximum atomic E-state index is 14.1. The largest absolute Gasteiger partial charge is 0.388 e. The molecule has 0 aliphatic heterocycles. The number of nitrogens with zero attached hydrogens (tertiary/aromatic N) is 1. The second kappa shape index (κ2) is 9.97. The highest BCUT2D eigenvalue weighted by molar-refractivity contribution is 14.1. The second-order valence-electron chi connectivity index (χ2n) is 6.65. The van der Waals surface area contributed by atoms with E-state index in [-0.39, 0.29) is 5.82 Å². The van der Waals surface area contributed by atoms with Gasteiger partial charge < -0.3 is 5.11 Å². The van der Waals surface area contributed by atoms with E-state index in [1.165, 1.54) is 17.2 Å². The maximum Gasteiger partial charge on any atom is 0.130 e. The lowest BCUT2D eigenvalue weighted by Gasteiger charge is -2.24. The third-order valence-electron chi connectivity index (χ3n) is 4.54. The van der Waals surface area contributed by atoms with Gasteiger partial charge in [-0.3, -0.25) is 4.90 Å². The van der Waals surface area contributed by atoms with Gasteiger partial charge >= 0.3 is 0 Å². The summed E-state index contributed by atoms with van der Waals surface area (Å²) < 4.78 is 15.0. The quantitative estimate of drug-likeness (QED) is 0.432. The fraction of sp³-hybridized carbons (Fsp3) is 0.217. The molecule has 2 nitrogen and oxygen atoms in total. The van der Waals surface area contributed by atoms with Gasteiger partial charge in [0.15, 0.2) is 0 Å². The van der Waals surface area contributed by atoms with E-state index in [1.807, 2.05) is 42.5 Å². The van der Waals surface area contributed by atoms with Crippen LogP contribution < -0.4 is 0 Å². The normalized spacial score (nSPS) is 12.3. The van der Waals surface area contributed by atoms with Gasteiger partial charge in [-0.2, -0.15) is 0 Å². The number of aliphatic hydroxyl groups is 1. The highest BCUT2D eigenvalue weighted by Gasteiger charge is 2.15. The zero-order chi connectivity index (χ0) is 19.1. The first kappa shape index (κ1) is 20.0. The zero-order valence-corrected chi connectivity index (χ0v) is 17.2. The topological polar surface area (TPSA) is 23.5 Å². The van der Waals surface area contributed by atoms with E-state index in [0.29, 0.717) is 18.5 Å². The Labute approximate surface area is 173 Å². The molecule has 0 saturated heterocycles. The van der Waals surface area contributed by atoms with Gasteiger partial charge in [-0.1, -0.05) is 66.7 Å². The smallest absolute Gasteiger partial charge is 0.130 e. The maximum absolute atomic E-state index is 14.1. The van der Waals surface area contributed by atoms with E-state index in [9.17, 15) is 9.50 Å². The van der Waals surface area contributed by atoms with Gasteiger partial charge in [0.25, 0.3) is 0 Å². The molecule has 0 heterocycles. The fourth-order valence-corrected chi connectivity index (χ4v) is 3.58. The Morgan fingerprint density at radius 3 is 1.93 bits per heavy atom. The molecule has 0 aliphatic rings. The molecule has 0 amide bonds. The molecule has 1 unspecified atom stereocenters. The van der Waals surface area contributed by atoms with Crippen LogP contribution in [-0.4, -0.2) is 16.6 Å². The Morgan fingerprint density at radius 2 is 1.41 bits per heavy atom. The number of hydrogen-bond donors (Lipinski definition) is 1. The predicted molar refractivity (Wildman–Crippen MR) is 116 cm³/mol. The molecule has 140 valence electrons. The van der Waals surface area contributed by atoms with Crippen LogP contribution in [0.15, 0.2) is 78.9 Å². The number of benzene rings is 3. The SMILES string of the molecule is OC(CCN(Cc1ccccc1)Cc1ccccc1)c1ccc(I)cc1F. The van der Waals surface area contributed by atoms with E-state index in [2.05, 4.69) is 51.8 Å². The van der Waals surface area contributed by atoms with Gasteiger partial charge in [-0.15, -0.1) is 0 Å². The van der Waals surface area contributed by atoms with Crippen LogP contribution in [0.3, 0.4) is 0 Å². The molecule has 0 aromatic heterocycles.